The van der Waals surface area contributed by atoms with Crippen molar-refractivity contribution in [1.82, 2.24) is 4.98 Å². The number of halogens is 3. The Morgan fingerprint density at radius 3 is 2.70 bits per heavy atom. The molecule has 7 heteroatoms. The number of rotatable bonds is 3. The van der Waals surface area contributed by atoms with Gasteiger partial charge in [-0.1, -0.05) is 0 Å². The van der Waals surface area contributed by atoms with Gasteiger partial charge in [-0.05, 0) is 0 Å². The Morgan fingerprint density at radius 2 is 2.10 bits per heavy atom. The molecular formula is C13H10BrF2N2OPo. The van der Waals surface area contributed by atoms with E-state index in [4.69, 9.17) is 4.84 Å². The number of fused-ring (bicyclic) bond motifs is 1. The number of benzene rings is 1. The summed E-state index contributed by atoms with van der Waals surface area (Å²) in [5, 5.41) is 4.58. The predicted molar refractivity (Wildman–Crippen MR) is 78.3 cm³/mol. The van der Waals surface area contributed by atoms with Crippen LogP contribution in [0.15, 0.2) is 33.9 Å². The van der Waals surface area contributed by atoms with E-state index in [2.05, 4.69) is 26.1 Å². The van der Waals surface area contributed by atoms with Crippen molar-refractivity contribution in [2.75, 3.05) is 7.11 Å². The molecule has 105 valence electrons. The number of hydrogen-bond donors (Lipinski definition) is 0. The van der Waals surface area contributed by atoms with E-state index in [1.807, 2.05) is 6.07 Å². The van der Waals surface area contributed by atoms with Gasteiger partial charge in [-0.2, -0.15) is 0 Å². The molecular weight excluding hydrogens is 527 g/mol. The third kappa shape index (κ3) is 3.32. The van der Waals surface area contributed by atoms with Gasteiger partial charge in [0.2, 0.25) is 0 Å². The molecule has 20 heavy (non-hydrogen) atoms. The Balaban J connectivity index is 2.62. The molecule has 0 unspecified atom stereocenters. The van der Waals surface area contributed by atoms with Gasteiger partial charge in [-0.25, -0.2) is 0 Å². The molecule has 3 nitrogen and oxygen atoms in total. The zero-order valence-electron chi connectivity index (χ0n) is 10.7. The first-order valence-corrected chi connectivity index (χ1v) is 7.98. The van der Waals surface area contributed by atoms with Crippen molar-refractivity contribution >= 4 is 57.6 Å². The summed E-state index contributed by atoms with van der Waals surface area (Å²) in [7, 11) is 1.44. The molecule has 1 heterocycles. The average molecular weight is 537 g/mol. The summed E-state index contributed by atoms with van der Waals surface area (Å²) in [6, 6.07) is 6.67. The number of aromatic nitrogens is 1. The van der Waals surface area contributed by atoms with Crippen molar-refractivity contribution in [1.29, 1.82) is 0 Å². The van der Waals surface area contributed by atoms with E-state index >= 15 is 0 Å². The molecule has 0 aliphatic rings. The molecule has 2 rings (SSSR count). The van der Waals surface area contributed by atoms with Crippen molar-refractivity contribution in [3.8, 4) is 0 Å². The maximum atomic E-state index is 13.6. The summed E-state index contributed by atoms with van der Waals surface area (Å²) in [5.74, 6) is 0. The van der Waals surface area contributed by atoms with Crippen molar-refractivity contribution < 1.29 is 13.6 Å². The summed E-state index contributed by atoms with van der Waals surface area (Å²) in [6.45, 7) is 1.75. The Morgan fingerprint density at radius 1 is 1.40 bits per heavy atom. The molecule has 0 fully saturated rings. The van der Waals surface area contributed by atoms with Crippen LogP contribution in [0.3, 0.4) is 0 Å². The van der Waals surface area contributed by atoms with Crippen LogP contribution in [0.1, 0.15) is 18.2 Å². The zero-order chi connectivity index (χ0) is 14.9. The van der Waals surface area contributed by atoms with E-state index in [0.717, 1.165) is 5.39 Å². The van der Waals surface area contributed by atoms with Crippen LogP contribution < -0.4 is 0 Å². The summed E-state index contributed by atoms with van der Waals surface area (Å²) in [5.41, 5.74) is 1.64. The van der Waals surface area contributed by atoms with Gasteiger partial charge in [0.1, 0.15) is 0 Å². The second-order valence-corrected chi connectivity index (χ2v) is 6.94. The topological polar surface area (TPSA) is 34.5 Å². The van der Waals surface area contributed by atoms with Crippen LogP contribution in [0.5, 0.6) is 0 Å². The normalized spacial score (nSPS) is 12.8. The molecule has 1 aromatic carbocycles. The quantitative estimate of drug-likeness (QED) is 0.444. The number of oxime groups is 1. The Kier molecular flexibility index (Phi) is 4.71. The van der Waals surface area contributed by atoms with E-state index in [1.54, 1.807) is 19.1 Å². The third-order valence-corrected chi connectivity index (χ3v) is 4.20. The summed E-state index contributed by atoms with van der Waals surface area (Å²) < 4.78 is 24.7. The van der Waals surface area contributed by atoms with Gasteiger partial charge in [0.25, 0.3) is 0 Å². The van der Waals surface area contributed by atoms with E-state index in [1.165, 1.54) is 13.2 Å². The van der Waals surface area contributed by atoms with Gasteiger partial charge in [0, 0.05) is 0 Å². The van der Waals surface area contributed by atoms with E-state index in [9.17, 15) is 8.78 Å². The van der Waals surface area contributed by atoms with E-state index < -0.39 is 3.58 Å². The van der Waals surface area contributed by atoms with Gasteiger partial charge in [-0.3, -0.25) is 0 Å². The van der Waals surface area contributed by atoms with Crippen LogP contribution in [0.2, 0.25) is 0 Å². The number of alkyl halides is 2. The molecule has 0 N–H and O–H groups in total. The van der Waals surface area contributed by atoms with Crippen LogP contribution in [0.25, 0.3) is 10.9 Å². The molecule has 1 radical (unpaired) electrons. The molecule has 0 atom stereocenters. The minimum absolute atomic E-state index is 0.0500. The Labute approximate surface area is 138 Å². The molecule has 0 amide bonds. The summed E-state index contributed by atoms with van der Waals surface area (Å²) in [4.78, 5) is 9.04. The van der Waals surface area contributed by atoms with Crippen LogP contribution in [0, 0.1) is 0 Å². The minimum atomic E-state index is -2.85. The SMILES string of the molecule is CO/N=C(/C)c1ccc2cc(Br)c([C](F)(F)[Po])cc2n1. The molecule has 0 spiro atoms. The van der Waals surface area contributed by atoms with Crippen molar-refractivity contribution in [3.63, 3.8) is 0 Å². The monoisotopic (exact) mass is 536 g/mol. The first-order valence-electron chi connectivity index (χ1n) is 5.60. The van der Waals surface area contributed by atoms with Crippen LogP contribution >= 0.6 is 15.9 Å². The third-order valence-electron chi connectivity index (χ3n) is 2.69. The van der Waals surface area contributed by atoms with Gasteiger partial charge in [0.05, 0.1) is 0 Å². The molecule has 1 aromatic heterocycles. The second kappa shape index (κ2) is 5.99. The van der Waals surface area contributed by atoms with Gasteiger partial charge >= 0.3 is 139 Å². The maximum absolute atomic E-state index is 13.6. The molecule has 0 aliphatic heterocycles. The Hall–Kier alpha value is -0.664. The van der Waals surface area contributed by atoms with Crippen LogP contribution in [0.4, 0.5) is 8.78 Å². The fourth-order valence-electron chi connectivity index (χ4n) is 1.75. The summed E-state index contributed by atoms with van der Waals surface area (Å²) in [6.07, 6.45) is 0. The summed E-state index contributed by atoms with van der Waals surface area (Å²) >= 11 is 3.38. The zero-order valence-corrected chi connectivity index (χ0v) is 15.4. The molecule has 2 aromatic rings. The van der Waals surface area contributed by atoms with Gasteiger partial charge in [0.15, 0.2) is 0 Å². The second-order valence-electron chi connectivity index (χ2n) is 4.10. The predicted octanol–water partition coefficient (Wildman–Crippen LogP) is 3.59. The fourth-order valence-corrected chi connectivity index (χ4v) is 3.58. The molecule has 0 bridgehead atoms. The number of pyridine rings is 1. The molecule has 0 aliphatic carbocycles. The average Bonchev–Trinajstić information content (AvgIpc) is 2.36. The fraction of sp³-hybridized carbons (Fsp3) is 0.231. The number of hydrogen-bond acceptors (Lipinski definition) is 3. The standard InChI is InChI=1S/C13H10BrF2N2O.Po/c1-7(18-19-2)11-4-3-8-5-10(14)9(13(15)16)6-12(8)17-11;/h3-6H,1-2H3;/b18-7-;. The first kappa shape index (κ1) is 15.7. The van der Waals surface area contributed by atoms with Gasteiger partial charge < -0.3 is 0 Å². The van der Waals surface area contributed by atoms with E-state index in [-0.39, 0.29) is 30.6 Å². The van der Waals surface area contributed by atoms with E-state index in [0.29, 0.717) is 21.4 Å². The van der Waals surface area contributed by atoms with Crippen molar-refractivity contribution in [2.45, 2.75) is 10.5 Å². The van der Waals surface area contributed by atoms with Crippen molar-refractivity contribution in [3.05, 3.63) is 40.0 Å². The Bertz CT molecular complexity index is 686. The van der Waals surface area contributed by atoms with Gasteiger partial charge in [-0.15, -0.1) is 0 Å². The molecule has 0 saturated carbocycles. The first-order chi connectivity index (χ1) is 9.32. The van der Waals surface area contributed by atoms with Crippen LogP contribution in [-0.2, 0) is 8.42 Å². The molecule has 0 saturated heterocycles. The van der Waals surface area contributed by atoms with Crippen molar-refractivity contribution in [2.24, 2.45) is 5.16 Å². The van der Waals surface area contributed by atoms with Crippen LogP contribution in [-0.4, -0.2) is 42.9 Å². The number of nitrogens with zero attached hydrogens (tertiary/aromatic N) is 2.